The van der Waals surface area contributed by atoms with Gasteiger partial charge in [-0.15, -0.1) is 0 Å². The molecule has 2 nitrogen and oxygen atoms in total. The van der Waals surface area contributed by atoms with E-state index in [1.54, 1.807) is 0 Å². The predicted molar refractivity (Wildman–Crippen MR) is 85.2 cm³/mol. The summed E-state index contributed by atoms with van der Waals surface area (Å²) in [6.45, 7) is 0. The SMILES string of the molecule is O=C(/C=C(\[O-])c1c(F)c(F)c2c(F)c(F)c(F)c(F)c2c1F)C1(F)C(F)(F)C(F)(F)C(F)(F)C(F)(F)C1(F)F. The smallest absolute Gasteiger partial charge is 0.384 e. The molecule has 0 radical (unpaired) electrons. The Labute approximate surface area is 200 Å². The number of rotatable bonds is 3. The van der Waals surface area contributed by atoms with Crippen LogP contribution in [0.3, 0.4) is 0 Å². The lowest BCUT2D eigenvalue weighted by Gasteiger charge is -2.51. The molecule has 216 valence electrons. The zero-order valence-electron chi connectivity index (χ0n) is 17.2. The molecule has 0 N–H and O–H groups in total. The molecule has 39 heavy (non-hydrogen) atoms. The summed E-state index contributed by atoms with van der Waals surface area (Å²) in [4.78, 5) is 11.8. The van der Waals surface area contributed by atoms with Crippen molar-refractivity contribution < 1.29 is 88.9 Å². The molecule has 20 heteroatoms. The third kappa shape index (κ3) is 3.13. The summed E-state index contributed by atoms with van der Waals surface area (Å²) in [7, 11) is 0. The Bertz CT molecular complexity index is 1430. The van der Waals surface area contributed by atoms with Crippen LogP contribution in [-0.4, -0.2) is 41.1 Å². The van der Waals surface area contributed by atoms with Crippen LogP contribution in [0.5, 0.6) is 0 Å². The zero-order chi connectivity index (χ0) is 30.6. The highest BCUT2D eigenvalue weighted by Crippen LogP contribution is 2.69. The third-order valence-corrected chi connectivity index (χ3v) is 5.63. The Hall–Kier alpha value is -3.35. The van der Waals surface area contributed by atoms with E-state index in [0.29, 0.717) is 0 Å². The summed E-state index contributed by atoms with van der Waals surface area (Å²) >= 11 is 0. The number of benzene rings is 2. The summed E-state index contributed by atoms with van der Waals surface area (Å²) < 4.78 is 248. The van der Waals surface area contributed by atoms with Crippen molar-refractivity contribution in [3.63, 3.8) is 0 Å². The molecular weight excluding hydrogens is 602 g/mol. The van der Waals surface area contributed by atoms with Crippen molar-refractivity contribution in [2.45, 2.75) is 35.3 Å². The molecule has 1 fully saturated rings. The van der Waals surface area contributed by atoms with Crippen molar-refractivity contribution in [2.24, 2.45) is 0 Å². The van der Waals surface area contributed by atoms with Gasteiger partial charge in [-0.1, -0.05) is 5.76 Å². The van der Waals surface area contributed by atoms with E-state index in [1.165, 1.54) is 0 Å². The quantitative estimate of drug-likeness (QED) is 0.143. The molecule has 0 heterocycles. The maximum absolute atomic E-state index is 14.7. The van der Waals surface area contributed by atoms with Crippen molar-refractivity contribution >= 4 is 22.3 Å². The number of carbonyl (C=O) groups excluding carboxylic acids is 1. The molecule has 1 saturated carbocycles. The summed E-state index contributed by atoms with van der Waals surface area (Å²) in [5.74, 6) is -67.4. The topological polar surface area (TPSA) is 40.1 Å². The van der Waals surface area contributed by atoms with E-state index < -0.39 is 110 Å². The Morgan fingerprint density at radius 3 is 1.18 bits per heavy atom. The van der Waals surface area contributed by atoms with Crippen LogP contribution in [0.15, 0.2) is 6.08 Å². The average Bonchev–Trinajstić information content (AvgIpc) is 2.81. The molecule has 0 spiro atoms. The monoisotopic (exact) mass is 603 g/mol. The van der Waals surface area contributed by atoms with E-state index in [9.17, 15) is 88.9 Å². The molecule has 0 aromatic heterocycles. The first-order chi connectivity index (χ1) is 17.3. The van der Waals surface area contributed by atoms with Crippen LogP contribution in [0.4, 0.5) is 79.0 Å². The summed E-state index contributed by atoms with van der Waals surface area (Å²) in [6.07, 6.45) is -1.82. The second kappa shape index (κ2) is 8.09. The number of hydrogen-bond donors (Lipinski definition) is 0. The fraction of sp³-hybridized carbons (Fsp3) is 0.316. The highest BCUT2D eigenvalue weighted by atomic mass is 19.4. The fourth-order valence-corrected chi connectivity index (χ4v) is 3.52. The van der Waals surface area contributed by atoms with E-state index in [0.717, 1.165) is 0 Å². The lowest BCUT2D eigenvalue weighted by Crippen LogP contribution is -2.85. The van der Waals surface area contributed by atoms with E-state index >= 15 is 0 Å². The lowest BCUT2D eigenvalue weighted by atomic mass is 9.70. The minimum absolute atomic E-state index is 1.82. The maximum atomic E-state index is 14.7. The van der Waals surface area contributed by atoms with Crippen LogP contribution in [0.25, 0.3) is 16.5 Å². The van der Waals surface area contributed by atoms with E-state index in [2.05, 4.69) is 0 Å². The third-order valence-electron chi connectivity index (χ3n) is 5.63. The van der Waals surface area contributed by atoms with Crippen LogP contribution in [-0.2, 0) is 4.79 Å². The Morgan fingerprint density at radius 1 is 0.487 bits per heavy atom. The van der Waals surface area contributed by atoms with E-state index in [-0.39, 0.29) is 0 Å². The number of fused-ring (bicyclic) bond motifs is 1. The largest absolute Gasteiger partial charge is 0.872 e. The molecule has 0 amide bonds. The first kappa shape index (κ1) is 30.2. The van der Waals surface area contributed by atoms with Crippen molar-refractivity contribution in [3.8, 4) is 0 Å². The zero-order valence-corrected chi connectivity index (χ0v) is 17.2. The van der Waals surface area contributed by atoms with Crippen molar-refractivity contribution in [1.82, 2.24) is 0 Å². The fourth-order valence-electron chi connectivity index (χ4n) is 3.52. The van der Waals surface area contributed by atoms with Gasteiger partial charge < -0.3 is 5.11 Å². The normalized spacial score (nSPS) is 22.7. The summed E-state index contributed by atoms with van der Waals surface area (Å²) in [5, 5.41) is 7.09. The molecule has 0 saturated heterocycles. The first-order valence-electron chi connectivity index (χ1n) is 9.14. The van der Waals surface area contributed by atoms with Crippen LogP contribution in [0, 0.1) is 40.7 Å². The molecule has 2 aromatic carbocycles. The van der Waals surface area contributed by atoms with Gasteiger partial charge in [0.15, 0.2) is 34.9 Å². The second-order valence-electron chi connectivity index (χ2n) is 7.73. The van der Waals surface area contributed by atoms with Gasteiger partial charge in [0.05, 0.1) is 10.8 Å². The van der Waals surface area contributed by atoms with Crippen molar-refractivity contribution in [1.29, 1.82) is 0 Å². The minimum atomic E-state index is -7.82. The second-order valence-corrected chi connectivity index (χ2v) is 7.73. The minimum Gasteiger partial charge on any atom is -0.872 e. The van der Waals surface area contributed by atoms with Gasteiger partial charge in [0.2, 0.25) is 5.78 Å². The number of halogens is 18. The number of allylic oxidation sites excluding steroid dienone is 1. The number of ketones is 1. The molecule has 3 rings (SSSR count). The van der Waals surface area contributed by atoms with Crippen molar-refractivity contribution in [3.05, 3.63) is 52.4 Å². The molecule has 1 aliphatic rings. The van der Waals surface area contributed by atoms with Gasteiger partial charge in [0, 0.05) is 5.56 Å². The Kier molecular flexibility index (Phi) is 6.26. The van der Waals surface area contributed by atoms with Gasteiger partial charge in [-0.05, 0) is 6.08 Å². The van der Waals surface area contributed by atoms with Crippen LogP contribution in [0.1, 0.15) is 5.56 Å². The van der Waals surface area contributed by atoms with Crippen molar-refractivity contribution in [2.75, 3.05) is 0 Å². The van der Waals surface area contributed by atoms with Gasteiger partial charge >= 0.3 is 35.3 Å². The van der Waals surface area contributed by atoms with Crippen LogP contribution in [0.2, 0.25) is 0 Å². The molecule has 0 atom stereocenters. The van der Waals surface area contributed by atoms with E-state index in [4.69, 9.17) is 0 Å². The summed E-state index contributed by atoms with van der Waals surface area (Å²) in [6, 6.07) is 0. The molecule has 0 bridgehead atoms. The maximum Gasteiger partial charge on any atom is 0.384 e. The number of hydrogen-bond acceptors (Lipinski definition) is 2. The molecular formula is C19HF18O2-. The predicted octanol–water partition coefficient (Wildman–Crippen LogP) is 5.98. The Balaban J connectivity index is 2.37. The van der Waals surface area contributed by atoms with Gasteiger partial charge in [0.25, 0.3) is 0 Å². The first-order valence-corrected chi connectivity index (χ1v) is 9.14. The van der Waals surface area contributed by atoms with Crippen LogP contribution < -0.4 is 5.11 Å². The molecule has 2 aromatic rings. The number of alkyl halides is 11. The summed E-state index contributed by atoms with van der Waals surface area (Å²) in [5.41, 5.74) is -10.4. The van der Waals surface area contributed by atoms with Crippen LogP contribution >= 0.6 is 0 Å². The van der Waals surface area contributed by atoms with Gasteiger partial charge in [-0.3, -0.25) is 4.79 Å². The molecule has 0 unspecified atom stereocenters. The highest BCUT2D eigenvalue weighted by molar-refractivity contribution is 6.04. The van der Waals surface area contributed by atoms with E-state index in [1.807, 2.05) is 0 Å². The molecule has 1 aliphatic carbocycles. The number of carbonyl (C=O) groups is 1. The lowest BCUT2D eigenvalue weighted by molar-refractivity contribution is -0.475. The average molecular weight is 603 g/mol. The standard InChI is InChI=1S/C19H2F18O2/c20-7-4(8(21)9(22)6-5(7)10(23)12(25)13(26)11(6)24)2(38)1-3(39)14(27)15(28,29)17(32,33)19(36,37)18(34,35)16(14,30)31/h1,38H/p-1/b2-1-. The van der Waals surface area contributed by atoms with Gasteiger partial charge in [-0.2, -0.15) is 43.9 Å². The molecule has 0 aliphatic heterocycles. The van der Waals surface area contributed by atoms with Gasteiger partial charge in [0.1, 0.15) is 5.82 Å². The highest BCUT2D eigenvalue weighted by Gasteiger charge is 3.02. The van der Waals surface area contributed by atoms with Gasteiger partial charge in [-0.25, -0.2) is 35.1 Å². The Morgan fingerprint density at radius 2 is 0.795 bits per heavy atom.